The maximum Gasteiger partial charge on any atom is 0.253 e. The quantitative estimate of drug-likeness (QED) is 0.765. The van der Waals surface area contributed by atoms with Crippen LogP contribution in [0, 0.1) is 6.92 Å². The molecule has 0 aliphatic heterocycles. The summed E-state index contributed by atoms with van der Waals surface area (Å²) in [6.07, 6.45) is 0. The largest absolute Gasteiger partial charge is 0.376 e. The molecule has 2 rings (SSSR count). The third-order valence-electron chi connectivity index (χ3n) is 4.07. The third-order valence-corrected chi connectivity index (χ3v) is 4.48. The lowest BCUT2D eigenvalue weighted by atomic mass is 10.1. The fraction of sp³-hybridized carbons (Fsp3) is 0.300. The first-order chi connectivity index (χ1) is 12.4. The van der Waals surface area contributed by atoms with Crippen LogP contribution in [0.1, 0.15) is 29.8 Å². The van der Waals surface area contributed by atoms with E-state index in [1.807, 2.05) is 39.0 Å². The molecule has 0 bridgehead atoms. The Kier molecular flexibility index (Phi) is 7.04. The van der Waals surface area contributed by atoms with Crippen LogP contribution >= 0.6 is 11.6 Å². The number of benzene rings is 2. The number of carbonyl (C=O) groups is 2. The van der Waals surface area contributed by atoms with Crippen LogP contribution in [0.15, 0.2) is 42.5 Å². The molecule has 5 nitrogen and oxygen atoms in total. The Morgan fingerprint density at radius 3 is 2.42 bits per heavy atom. The van der Waals surface area contributed by atoms with E-state index in [4.69, 9.17) is 11.6 Å². The van der Waals surface area contributed by atoms with Gasteiger partial charge in [0.15, 0.2) is 0 Å². The van der Waals surface area contributed by atoms with Crippen molar-refractivity contribution in [1.29, 1.82) is 0 Å². The van der Waals surface area contributed by atoms with Crippen molar-refractivity contribution in [2.24, 2.45) is 0 Å². The van der Waals surface area contributed by atoms with Gasteiger partial charge in [-0.15, -0.1) is 0 Å². The van der Waals surface area contributed by atoms with Crippen LogP contribution in [-0.4, -0.2) is 36.3 Å². The van der Waals surface area contributed by atoms with E-state index in [9.17, 15) is 9.59 Å². The van der Waals surface area contributed by atoms with Crippen molar-refractivity contribution < 1.29 is 9.59 Å². The number of anilines is 2. The maximum absolute atomic E-state index is 12.4. The van der Waals surface area contributed by atoms with E-state index >= 15 is 0 Å². The molecule has 0 saturated carbocycles. The highest BCUT2D eigenvalue weighted by Gasteiger charge is 2.12. The topological polar surface area (TPSA) is 61.4 Å². The van der Waals surface area contributed by atoms with E-state index in [0.29, 0.717) is 29.4 Å². The molecule has 0 heterocycles. The molecule has 0 aromatic heterocycles. The second-order valence-corrected chi connectivity index (χ2v) is 6.33. The van der Waals surface area contributed by atoms with Crippen LogP contribution in [0.3, 0.4) is 0 Å². The van der Waals surface area contributed by atoms with Crippen LogP contribution in [0.25, 0.3) is 0 Å². The highest BCUT2D eigenvalue weighted by atomic mass is 35.5. The number of carbonyl (C=O) groups excluding carboxylic acids is 2. The molecule has 2 amide bonds. The minimum Gasteiger partial charge on any atom is -0.376 e. The molecule has 2 aromatic rings. The van der Waals surface area contributed by atoms with Crippen molar-refractivity contribution in [3.63, 3.8) is 0 Å². The monoisotopic (exact) mass is 373 g/mol. The Labute approximate surface area is 159 Å². The zero-order chi connectivity index (χ0) is 19.1. The van der Waals surface area contributed by atoms with Crippen molar-refractivity contribution in [3.8, 4) is 0 Å². The molecule has 0 atom stereocenters. The maximum atomic E-state index is 12.4. The Morgan fingerprint density at radius 1 is 1.04 bits per heavy atom. The van der Waals surface area contributed by atoms with Gasteiger partial charge >= 0.3 is 0 Å². The Balaban J connectivity index is 1.96. The van der Waals surface area contributed by atoms with Crippen LogP contribution in [0.2, 0.25) is 5.02 Å². The van der Waals surface area contributed by atoms with Crippen molar-refractivity contribution in [2.45, 2.75) is 20.8 Å². The van der Waals surface area contributed by atoms with Crippen LogP contribution in [0.4, 0.5) is 11.4 Å². The molecule has 6 heteroatoms. The molecule has 0 aliphatic rings. The minimum absolute atomic E-state index is 0.0163. The third kappa shape index (κ3) is 5.23. The normalized spacial score (nSPS) is 10.3. The van der Waals surface area contributed by atoms with Gasteiger partial charge in [-0.2, -0.15) is 0 Å². The summed E-state index contributed by atoms with van der Waals surface area (Å²) in [7, 11) is 0. The molecule has 2 N–H and O–H groups in total. The van der Waals surface area contributed by atoms with Gasteiger partial charge in [-0.05, 0) is 56.7 Å². The highest BCUT2D eigenvalue weighted by molar-refractivity contribution is 6.31. The fourth-order valence-electron chi connectivity index (χ4n) is 2.51. The van der Waals surface area contributed by atoms with Gasteiger partial charge in [0, 0.05) is 35.1 Å². The lowest BCUT2D eigenvalue weighted by Crippen LogP contribution is -2.30. The van der Waals surface area contributed by atoms with Crippen LogP contribution in [-0.2, 0) is 4.79 Å². The van der Waals surface area contributed by atoms with Gasteiger partial charge in [0.2, 0.25) is 5.91 Å². The molecule has 138 valence electrons. The number of hydrogen-bond donors (Lipinski definition) is 2. The SMILES string of the molecule is CCN(CC)C(=O)c1cccc(NCC(=O)Nc2ccc(C)c(Cl)c2)c1. The summed E-state index contributed by atoms with van der Waals surface area (Å²) < 4.78 is 0. The van der Waals surface area contributed by atoms with Crippen LogP contribution < -0.4 is 10.6 Å². The van der Waals surface area contributed by atoms with E-state index in [2.05, 4.69) is 10.6 Å². The minimum atomic E-state index is -0.189. The van der Waals surface area contributed by atoms with Gasteiger partial charge in [-0.3, -0.25) is 9.59 Å². The summed E-state index contributed by atoms with van der Waals surface area (Å²) >= 11 is 6.06. The zero-order valence-corrected chi connectivity index (χ0v) is 16.1. The van der Waals surface area contributed by atoms with Gasteiger partial charge in [0.1, 0.15) is 0 Å². The molecule has 0 radical (unpaired) electrons. The van der Waals surface area contributed by atoms with E-state index in [1.54, 1.807) is 29.2 Å². The Bertz CT molecular complexity index is 788. The number of amides is 2. The lowest BCUT2D eigenvalue weighted by Gasteiger charge is -2.19. The number of rotatable bonds is 7. The summed E-state index contributed by atoms with van der Waals surface area (Å²) in [6, 6.07) is 12.6. The first-order valence-electron chi connectivity index (χ1n) is 8.63. The Hall–Kier alpha value is -2.53. The molecule has 0 fully saturated rings. The predicted molar refractivity (Wildman–Crippen MR) is 107 cm³/mol. The lowest BCUT2D eigenvalue weighted by molar-refractivity contribution is -0.114. The van der Waals surface area contributed by atoms with E-state index in [0.717, 1.165) is 11.3 Å². The average molecular weight is 374 g/mol. The van der Waals surface area contributed by atoms with Gasteiger partial charge in [0.25, 0.3) is 5.91 Å². The van der Waals surface area contributed by atoms with Crippen molar-refractivity contribution in [3.05, 3.63) is 58.6 Å². The van der Waals surface area contributed by atoms with Crippen LogP contribution in [0.5, 0.6) is 0 Å². The number of halogens is 1. The summed E-state index contributed by atoms with van der Waals surface area (Å²) in [5.41, 5.74) is 2.93. The second-order valence-electron chi connectivity index (χ2n) is 5.92. The summed E-state index contributed by atoms with van der Waals surface area (Å²) in [5.74, 6) is -0.206. The van der Waals surface area contributed by atoms with E-state index in [1.165, 1.54) is 0 Å². The number of hydrogen-bond acceptors (Lipinski definition) is 3. The van der Waals surface area contributed by atoms with Gasteiger partial charge in [-0.1, -0.05) is 23.7 Å². The molecular formula is C20H24ClN3O2. The smallest absolute Gasteiger partial charge is 0.253 e. The first-order valence-corrected chi connectivity index (χ1v) is 9.01. The van der Waals surface area contributed by atoms with Crippen molar-refractivity contribution in [1.82, 2.24) is 4.90 Å². The average Bonchev–Trinajstić information content (AvgIpc) is 2.64. The second kappa shape index (κ2) is 9.25. The molecule has 2 aromatic carbocycles. The summed E-state index contributed by atoms with van der Waals surface area (Å²) in [4.78, 5) is 26.3. The molecule has 0 aliphatic carbocycles. The highest BCUT2D eigenvalue weighted by Crippen LogP contribution is 2.20. The molecule has 0 unspecified atom stereocenters. The predicted octanol–water partition coefficient (Wildman–Crippen LogP) is 4.18. The van der Waals surface area contributed by atoms with Gasteiger partial charge in [-0.25, -0.2) is 0 Å². The van der Waals surface area contributed by atoms with E-state index < -0.39 is 0 Å². The standard InChI is InChI=1S/C20H24ClN3O2/c1-4-24(5-2)20(26)15-7-6-8-16(11-15)22-13-19(25)23-17-10-9-14(3)18(21)12-17/h6-12,22H,4-5,13H2,1-3H3,(H,23,25). The van der Waals surface area contributed by atoms with Crippen molar-refractivity contribution in [2.75, 3.05) is 30.3 Å². The molecular weight excluding hydrogens is 350 g/mol. The Morgan fingerprint density at radius 2 is 1.77 bits per heavy atom. The molecule has 0 spiro atoms. The zero-order valence-electron chi connectivity index (χ0n) is 15.3. The van der Waals surface area contributed by atoms with Crippen molar-refractivity contribution >= 4 is 34.8 Å². The number of aryl methyl sites for hydroxylation is 1. The molecule has 0 saturated heterocycles. The number of nitrogens with zero attached hydrogens (tertiary/aromatic N) is 1. The first kappa shape index (κ1) is 19.8. The van der Waals surface area contributed by atoms with Gasteiger partial charge < -0.3 is 15.5 Å². The summed E-state index contributed by atoms with van der Waals surface area (Å²) in [6.45, 7) is 7.22. The number of nitrogens with one attached hydrogen (secondary N) is 2. The molecule has 26 heavy (non-hydrogen) atoms. The summed E-state index contributed by atoms with van der Waals surface area (Å²) in [5, 5.41) is 6.45. The van der Waals surface area contributed by atoms with Gasteiger partial charge in [0.05, 0.1) is 6.54 Å². The van der Waals surface area contributed by atoms with E-state index in [-0.39, 0.29) is 18.4 Å². The fourth-order valence-corrected chi connectivity index (χ4v) is 2.69.